The van der Waals surface area contributed by atoms with Crippen LogP contribution in [0.5, 0.6) is 0 Å². The Morgan fingerprint density at radius 2 is 1.85 bits per heavy atom. The predicted molar refractivity (Wildman–Crippen MR) is 129 cm³/mol. The van der Waals surface area contributed by atoms with Crippen molar-refractivity contribution in [3.05, 3.63) is 59.4 Å². The number of nitrogens with zero attached hydrogens (tertiary/aromatic N) is 6. The van der Waals surface area contributed by atoms with E-state index < -0.39 is 0 Å². The van der Waals surface area contributed by atoms with Crippen LogP contribution in [0.1, 0.15) is 66.8 Å². The Kier molecular flexibility index (Phi) is 5.21. The summed E-state index contributed by atoms with van der Waals surface area (Å²) in [6.45, 7) is 4.99. The summed E-state index contributed by atoms with van der Waals surface area (Å²) in [5, 5.41) is 13.7. The number of aryl methyl sites for hydroxylation is 2. The van der Waals surface area contributed by atoms with Crippen LogP contribution in [-0.4, -0.2) is 47.9 Å². The van der Waals surface area contributed by atoms with Crippen LogP contribution < -0.4 is 0 Å². The lowest BCUT2D eigenvalue weighted by Crippen LogP contribution is -2.33. The standard InChI is InChI=1S/C26H31N7/c1-17-20-8-3-4-9-22(20)29-25(28-17)16-33-12-10-18(11-13-33)23-14-24(31-30-23)21-15-27-32(2)26(21)19-6-5-7-19/h3-4,8-9,14-15,18-19H,5-7,10-13,16H2,1-2H3,(H,30,31). The van der Waals surface area contributed by atoms with Gasteiger partial charge in [-0.25, -0.2) is 9.97 Å². The predicted octanol–water partition coefficient (Wildman–Crippen LogP) is 4.71. The van der Waals surface area contributed by atoms with Gasteiger partial charge in [0.15, 0.2) is 0 Å². The molecule has 0 spiro atoms. The quantitative estimate of drug-likeness (QED) is 0.485. The number of likely N-dealkylation sites (tertiary alicyclic amines) is 1. The summed E-state index contributed by atoms with van der Waals surface area (Å²) in [4.78, 5) is 12.1. The second kappa shape index (κ2) is 8.37. The summed E-state index contributed by atoms with van der Waals surface area (Å²) in [5.41, 5.74) is 6.95. The number of para-hydroxylation sites is 1. The van der Waals surface area contributed by atoms with Crippen molar-refractivity contribution in [2.45, 2.75) is 57.4 Å². The normalized spacial score (nSPS) is 18.1. The number of nitrogens with one attached hydrogen (secondary N) is 1. The SMILES string of the molecule is Cc1nc(CN2CCC(c3cc(-c4cnn(C)c4C4CCC4)n[nH]3)CC2)nc2ccccc12. The number of benzene rings is 1. The van der Waals surface area contributed by atoms with Gasteiger partial charge in [-0.2, -0.15) is 10.2 Å². The van der Waals surface area contributed by atoms with Gasteiger partial charge in [-0.1, -0.05) is 24.6 Å². The van der Waals surface area contributed by atoms with Crippen molar-refractivity contribution in [3.8, 4) is 11.3 Å². The molecule has 4 aromatic rings. The van der Waals surface area contributed by atoms with Gasteiger partial charge in [0.25, 0.3) is 0 Å². The first-order valence-electron chi connectivity index (χ1n) is 12.2. The summed E-state index contributed by atoms with van der Waals surface area (Å²) < 4.78 is 2.04. The number of aromatic nitrogens is 6. The summed E-state index contributed by atoms with van der Waals surface area (Å²) in [7, 11) is 2.06. The zero-order chi connectivity index (χ0) is 22.4. The van der Waals surface area contributed by atoms with Crippen LogP contribution in [0.25, 0.3) is 22.2 Å². The lowest BCUT2D eigenvalue weighted by molar-refractivity contribution is 0.199. The molecule has 0 bridgehead atoms. The molecule has 7 nitrogen and oxygen atoms in total. The molecule has 1 aromatic carbocycles. The van der Waals surface area contributed by atoms with Crippen molar-refractivity contribution in [2.75, 3.05) is 13.1 Å². The molecule has 0 unspecified atom stereocenters. The molecule has 170 valence electrons. The summed E-state index contributed by atoms with van der Waals surface area (Å²) in [6, 6.07) is 10.5. The lowest BCUT2D eigenvalue weighted by Gasteiger charge is -2.30. The van der Waals surface area contributed by atoms with E-state index in [0.29, 0.717) is 11.8 Å². The molecule has 1 N–H and O–H groups in total. The number of rotatable bonds is 5. The molecule has 7 heteroatoms. The van der Waals surface area contributed by atoms with E-state index in [1.165, 1.54) is 36.2 Å². The molecule has 33 heavy (non-hydrogen) atoms. The van der Waals surface area contributed by atoms with E-state index in [1.807, 2.05) is 23.0 Å². The first kappa shape index (κ1) is 20.5. The molecule has 2 aliphatic rings. The minimum absolute atomic E-state index is 0.519. The molecule has 0 atom stereocenters. The van der Waals surface area contributed by atoms with Gasteiger partial charge < -0.3 is 0 Å². The molecular weight excluding hydrogens is 410 g/mol. The first-order chi connectivity index (χ1) is 16.2. The van der Waals surface area contributed by atoms with E-state index in [-0.39, 0.29) is 0 Å². The van der Waals surface area contributed by atoms with E-state index >= 15 is 0 Å². The Hall–Kier alpha value is -3.06. The zero-order valence-corrected chi connectivity index (χ0v) is 19.5. The van der Waals surface area contributed by atoms with E-state index in [4.69, 9.17) is 9.97 Å². The van der Waals surface area contributed by atoms with Crippen LogP contribution in [0.3, 0.4) is 0 Å². The fourth-order valence-corrected chi connectivity index (χ4v) is 5.46. The molecule has 1 aliphatic carbocycles. The maximum atomic E-state index is 4.80. The van der Waals surface area contributed by atoms with Gasteiger partial charge in [0.05, 0.1) is 29.6 Å². The largest absolute Gasteiger partial charge is 0.296 e. The van der Waals surface area contributed by atoms with Crippen LogP contribution in [0.2, 0.25) is 0 Å². The van der Waals surface area contributed by atoms with E-state index in [1.54, 1.807) is 0 Å². The number of fused-ring (bicyclic) bond motifs is 1. The van der Waals surface area contributed by atoms with Gasteiger partial charge in [0.2, 0.25) is 0 Å². The lowest BCUT2D eigenvalue weighted by atomic mass is 9.81. The molecule has 1 saturated heterocycles. The second-order valence-corrected chi connectivity index (χ2v) is 9.70. The number of piperidine rings is 1. The fraction of sp³-hybridized carbons (Fsp3) is 0.462. The monoisotopic (exact) mass is 441 g/mol. The Morgan fingerprint density at radius 3 is 2.64 bits per heavy atom. The molecular formula is C26H31N7. The third-order valence-electron chi connectivity index (χ3n) is 7.58. The Labute approximate surface area is 194 Å². The van der Waals surface area contributed by atoms with Crippen LogP contribution in [0.15, 0.2) is 36.5 Å². The van der Waals surface area contributed by atoms with Crippen LogP contribution >= 0.6 is 0 Å². The maximum Gasteiger partial charge on any atom is 0.143 e. The third-order valence-corrected chi connectivity index (χ3v) is 7.58. The van der Waals surface area contributed by atoms with Gasteiger partial charge in [-0.05, 0) is 57.8 Å². The Morgan fingerprint density at radius 1 is 1.03 bits per heavy atom. The summed E-state index contributed by atoms with van der Waals surface area (Å²) in [6.07, 6.45) is 8.09. The zero-order valence-electron chi connectivity index (χ0n) is 19.5. The number of H-pyrrole nitrogens is 1. The first-order valence-corrected chi connectivity index (χ1v) is 12.2. The fourth-order valence-electron chi connectivity index (χ4n) is 5.46. The van der Waals surface area contributed by atoms with E-state index in [0.717, 1.165) is 60.6 Å². The summed E-state index contributed by atoms with van der Waals surface area (Å²) >= 11 is 0. The van der Waals surface area contributed by atoms with Crippen LogP contribution in [-0.2, 0) is 13.6 Å². The molecule has 1 aliphatic heterocycles. The van der Waals surface area contributed by atoms with Crippen LogP contribution in [0.4, 0.5) is 0 Å². The minimum atomic E-state index is 0.519. The van der Waals surface area contributed by atoms with E-state index in [2.05, 4.69) is 52.4 Å². The highest BCUT2D eigenvalue weighted by Gasteiger charge is 2.28. The van der Waals surface area contributed by atoms with Gasteiger partial charge in [-0.3, -0.25) is 14.7 Å². The molecule has 6 rings (SSSR count). The van der Waals surface area contributed by atoms with Gasteiger partial charge in [0.1, 0.15) is 5.82 Å². The van der Waals surface area contributed by atoms with Crippen LogP contribution in [0, 0.1) is 6.92 Å². The average Bonchev–Trinajstić information content (AvgIpc) is 3.41. The second-order valence-electron chi connectivity index (χ2n) is 9.70. The van der Waals surface area contributed by atoms with E-state index in [9.17, 15) is 0 Å². The van der Waals surface area contributed by atoms with Gasteiger partial charge >= 0.3 is 0 Å². The van der Waals surface area contributed by atoms with Crippen molar-refractivity contribution in [1.82, 2.24) is 34.8 Å². The van der Waals surface area contributed by atoms with Gasteiger partial charge in [0, 0.05) is 41.2 Å². The van der Waals surface area contributed by atoms with Crippen molar-refractivity contribution in [1.29, 1.82) is 0 Å². The molecule has 4 heterocycles. The number of hydrogen-bond acceptors (Lipinski definition) is 5. The summed E-state index contributed by atoms with van der Waals surface area (Å²) in [5.74, 6) is 2.08. The highest BCUT2D eigenvalue weighted by Crippen LogP contribution is 2.41. The van der Waals surface area contributed by atoms with Gasteiger partial charge in [-0.15, -0.1) is 0 Å². The molecule has 0 amide bonds. The third kappa shape index (κ3) is 3.84. The van der Waals surface area contributed by atoms with Crippen molar-refractivity contribution < 1.29 is 0 Å². The smallest absolute Gasteiger partial charge is 0.143 e. The molecule has 0 radical (unpaired) electrons. The van der Waals surface area contributed by atoms with Crippen molar-refractivity contribution in [3.63, 3.8) is 0 Å². The maximum absolute atomic E-state index is 4.80. The molecule has 3 aromatic heterocycles. The average molecular weight is 442 g/mol. The molecule has 1 saturated carbocycles. The van der Waals surface area contributed by atoms with Crippen molar-refractivity contribution in [2.24, 2.45) is 7.05 Å². The molecule has 2 fully saturated rings. The topological polar surface area (TPSA) is 75.5 Å². The minimum Gasteiger partial charge on any atom is -0.296 e. The number of hydrogen-bond donors (Lipinski definition) is 1. The highest BCUT2D eigenvalue weighted by atomic mass is 15.3. The number of aromatic amines is 1. The Bertz CT molecular complexity index is 1280. The highest BCUT2D eigenvalue weighted by molar-refractivity contribution is 5.80. The van der Waals surface area contributed by atoms with Crippen molar-refractivity contribution >= 4 is 10.9 Å². The Balaban J connectivity index is 1.12.